The average Bonchev–Trinajstić information content (AvgIpc) is 2.43. The number of amides is 1. The minimum Gasteiger partial charge on any atom is -0.497 e. The molecule has 0 saturated heterocycles. The molecule has 0 atom stereocenters. The molecular formula is C15H20ClNO3. The second-order valence-electron chi connectivity index (χ2n) is 5.19. The van der Waals surface area contributed by atoms with E-state index in [1.807, 2.05) is 7.05 Å². The highest BCUT2D eigenvalue weighted by Gasteiger charge is 2.29. The van der Waals surface area contributed by atoms with Crippen LogP contribution >= 0.6 is 11.6 Å². The van der Waals surface area contributed by atoms with E-state index in [0.29, 0.717) is 23.0 Å². The molecule has 1 aromatic carbocycles. The van der Waals surface area contributed by atoms with E-state index in [4.69, 9.17) is 21.1 Å². The van der Waals surface area contributed by atoms with Gasteiger partial charge in [0, 0.05) is 25.0 Å². The molecule has 110 valence electrons. The number of halogens is 1. The van der Waals surface area contributed by atoms with Crippen LogP contribution in [0.1, 0.15) is 23.2 Å². The summed E-state index contributed by atoms with van der Waals surface area (Å²) in [6.45, 7) is 0.733. The van der Waals surface area contributed by atoms with Crippen molar-refractivity contribution in [3.8, 4) is 11.5 Å². The van der Waals surface area contributed by atoms with Gasteiger partial charge in [-0.1, -0.05) is 0 Å². The van der Waals surface area contributed by atoms with Crippen LogP contribution in [0.2, 0.25) is 0 Å². The first-order chi connectivity index (χ1) is 9.55. The molecular weight excluding hydrogens is 278 g/mol. The van der Waals surface area contributed by atoms with Crippen LogP contribution < -0.4 is 9.47 Å². The highest BCUT2D eigenvalue weighted by atomic mass is 35.5. The van der Waals surface area contributed by atoms with Crippen molar-refractivity contribution in [2.45, 2.75) is 18.2 Å². The smallest absolute Gasteiger partial charge is 0.257 e. The van der Waals surface area contributed by atoms with Crippen molar-refractivity contribution in [1.82, 2.24) is 4.90 Å². The molecule has 2 rings (SSSR count). The van der Waals surface area contributed by atoms with Gasteiger partial charge in [0.05, 0.1) is 19.8 Å². The molecule has 4 nitrogen and oxygen atoms in total. The van der Waals surface area contributed by atoms with Crippen molar-refractivity contribution in [1.29, 1.82) is 0 Å². The molecule has 1 fully saturated rings. The van der Waals surface area contributed by atoms with Gasteiger partial charge in [0.1, 0.15) is 11.5 Å². The van der Waals surface area contributed by atoms with Gasteiger partial charge in [-0.2, -0.15) is 0 Å². The third-order valence-corrected chi connectivity index (χ3v) is 4.05. The monoisotopic (exact) mass is 297 g/mol. The molecule has 5 heteroatoms. The highest BCUT2D eigenvalue weighted by molar-refractivity contribution is 6.21. The zero-order valence-corrected chi connectivity index (χ0v) is 12.8. The first-order valence-electron chi connectivity index (χ1n) is 6.66. The van der Waals surface area contributed by atoms with Crippen LogP contribution in [0, 0.1) is 5.92 Å². The summed E-state index contributed by atoms with van der Waals surface area (Å²) in [6.07, 6.45) is 1.97. The number of benzene rings is 1. The molecule has 1 saturated carbocycles. The number of ether oxygens (including phenoxy) is 2. The second kappa shape index (κ2) is 6.35. The van der Waals surface area contributed by atoms with E-state index in [1.165, 1.54) is 0 Å². The molecule has 1 aliphatic carbocycles. The molecule has 0 spiro atoms. The maximum absolute atomic E-state index is 12.5. The minimum absolute atomic E-state index is 0.0393. The summed E-state index contributed by atoms with van der Waals surface area (Å²) in [5.41, 5.74) is 0.553. The summed E-state index contributed by atoms with van der Waals surface area (Å²) < 4.78 is 10.4. The van der Waals surface area contributed by atoms with Crippen molar-refractivity contribution in [2.75, 3.05) is 27.8 Å². The number of carbonyl (C=O) groups is 1. The van der Waals surface area contributed by atoms with E-state index >= 15 is 0 Å². The third-order valence-electron chi connectivity index (χ3n) is 3.70. The second-order valence-corrected chi connectivity index (χ2v) is 5.80. The molecule has 0 aromatic heterocycles. The number of hydrogen-bond donors (Lipinski definition) is 0. The number of nitrogens with zero attached hydrogens (tertiary/aromatic N) is 1. The third kappa shape index (κ3) is 3.18. The van der Waals surface area contributed by atoms with Crippen LogP contribution in [0.4, 0.5) is 0 Å². The van der Waals surface area contributed by atoms with Crippen molar-refractivity contribution in [3.63, 3.8) is 0 Å². The Morgan fingerprint density at radius 1 is 1.35 bits per heavy atom. The highest BCUT2D eigenvalue weighted by Crippen LogP contribution is 2.33. The zero-order valence-electron chi connectivity index (χ0n) is 12.1. The summed E-state index contributed by atoms with van der Waals surface area (Å²) in [7, 11) is 4.95. The molecule has 0 radical (unpaired) electrons. The van der Waals surface area contributed by atoms with Gasteiger partial charge in [0.15, 0.2) is 0 Å². The Bertz CT molecular complexity index is 486. The SMILES string of the molecule is COc1ccc(C(=O)N(C)CC2CC(Cl)C2)c(OC)c1. The fourth-order valence-electron chi connectivity index (χ4n) is 2.45. The van der Waals surface area contributed by atoms with Gasteiger partial charge < -0.3 is 14.4 Å². The predicted molar refractivity (Wildman–Crippen MR) is 78.9 cm³/mol. The lowest BCUT2D eigenvalue weighted by atomic mass is 9.84. The quantitative estimate of drug-likeness (QED) is 0.785. The summed E-state index contributed by atoms with van der Waals surface area (Å²) >= 11 is 5.97. The van der Waals surface area contributed by atoms with Crippen molar-refractivity contribution in [3.05, 3.63) is 23.8 Å². The maximum atomic E-state index is 12.5. The van der Waals surface area contributed by atoms with E-state index in [-0.39, 0.29) is 11.3 Å². The van der Waals surface area contributed by atoms with Gasteiger partial charge in [0.25, 0.3) is 5.91 Å². The fraction of sp³-hybridized carbons (Fsp3) is 0.533. The van der Waals surface area contributed by atoms with Gasteiger partial charge in [-0.25, -0.2) is 0 Å². The summed E-state index contributed by atoms with van der Waals surface area (Å²) in [5, 5.41) is 0.277. The molecule has 0 aliphatic heterocycles. The summed E-state index contributed by atoms with van der Waals surface area (Å²) in [4.78, 5) is 14.2. The lowest BCUT2D eigenvalue weighted by Gasteiger charge is -2.34. The average molecular weight is 298 g/mol. The molecule has 0 heterocycles. The Morgan fingerprint density at radius 3 is 2.60 bits per heavy atom. The molecule has 0 unspecified atom stereocenters. The van der Waals surface area contributed by atoms with Gasteiger partial charge in [0.2, 0.25) is 0 Å². The van der Waals surface area contributed by atoms with Crippen LogP contribution in [-0.2, 0) is 0 Å². The lowest BCUT2D eigenvalue weighted by molar-refractivity contribution is 0.0743. The standard InChI is InChI=1S/C15H20ClNO3/c1-17(9-10-6-11(16)7-10)15(18)13-5-4-12(19-2)8-14(13)20-3/h4-5,8,10-11H,6-7,9H2,1-3H3. The van der Waals surface area contributed by atoms with Crippen molar-refractivity contribution in [2.24, 2.45) is 5.92 Å². The van der Waals surface area contributed by atoms with Crippen LogP contribution in [0.3, 0.4) is 0 Å². The van der Waals surface area contributed by atoms with Gasteiger partial charge >= 0.3 is 0 Å². The zero-order chi connectivity index (χ0) is 14.7. The van der Waals surface area contributed by atoms with Gasteiger partial charge in [-0.05, 0) is 30.9 Å². The van der Waals surface area contributed by atoms with Crippen LogP contribution in [0.5, 0.6) is 11.5 Å². The van der Waals surface area contributed by atoms with Crippen LogP contribution in [-0.4, -0.2) is 44.0 Å². The minimum atomic E-state index is -0.0393. The number of rotatable bonds is 5. The molecule has 0 N–H and O–H groups in total. The lowest BCUT2D eigenvalue weighted by Crippen LogP contribution is -2.38. The fourth-order valence-corrected chi connectivity index (χ4v) is 2.96. The molecule has 20 heavy (non-hydrogen) atoms. The molecule has 0 bridgehead atoms. The number of carbonyl (C=O) groups excluding carboxylic acids is 1. The normalized spacial score (nSPS) is 21.0. The molecule has 1 aromatic rings. The largest absolute Gasteiger partial charge is 0.497 e. The summed E-state index contributed by atoms with van der Waals surface area (Å²) in [5.74, 6) is 1.67. The maximum Gasteiger partial charge on any atom is 0.257 e. The molecule has 1 amide bonds. The predicted octanol–water partition coefficient (Wildman–Crippen LogP) is 2.79. The first kappa shape index (κ1) is 15.0. The van der Waals surface area contributed by atoms with E-state index in [1.54, 1.807) is 37.3 Å². The van der Waals surface area contributed by atoms with E-state index in [9.17, 15) is 4.79 Å². The number of methoxy groups -OCH3 is 2. The Labute approximate surface area is 124 Å². The van der Waals surface area contributed by atoms with E-state index in [0.717, 1.165) is 19.4 Å². The number of alkyl halides is 1. The topological polar surface area (TPSA) is 38.8 Å². The van der Waals surface area contributed by atoms with E-state index in [2.05, 4.69) is 0 Å². The first-order valence-corrected chi connectivity index (χ1v) is 7.10. The number of hydrogen-bond acceptors (Lipinski definition) is 3. The van der Waals surface area contributed by atoms with Crippen LogP contribution in [0.15, 0.2) is 18.2 Å². The Morgan fingerprint density at radius 2 is 2.05 bits per heavy atom. The van der Waals surface area contributed by atoms with Gasteiger partial charge in [-0.3, -0.25) is 4.79 Å². The Balaban J connectivity index is 2.07. The van der Waals surface area contributed by atoms with Crippen LogP contribution in [0.25, 0.3) is 0 Å². The van der Waals surface area contributed by atoms with Crippen molar-refractivity contribution < 1.29 is 14.3 Å². The van der Waals surface area contributed by atoms with E-state index < -0.39 is 0 Å². The summed E-state index contributed by atoms with van der Waals surface area (Å²) in [6, 6.07) is 5.22. The van der Waals surface area contributed by atoms with Crippen molar-refractivity contribution >= 4 is 17.5 Å². The molecule has 1 aliphatic rings. The Kier molecular flexibility index (Phi) is 4.76. The Hall–Kier alpha value is -1.42. The van der Waals surface area contributed by atoms with Gasteiger partial charge in [-0.15, -0.1) is 11.6 Å².